The Morgan fingerprint density at radius 3 is 2.26 bits per heavy atom. The number of nitrogens with zero attached hydrogens (tertiary/aromatic N) is 2. The summed E-state index contributed by atoms with van der Waals surface area (Å²) in [6, 6.07) is 8.04. The average molecular weight is 314 g/mol. The van der Waals surface area contributed by atoms with Gasteiger partial charge in [-0.25, -0.2) is 0 Å². The molecule has 0 radical (unpaired) electrons. The third kappa shape index (κ3) is 3.74. The zero-order valence-electron chi connectivity index (χ0n) is 14.0. The standard InChI is InChI=1S/C19H26N2O2/c1-15-6-2-3-9-17(15)14-18(22)20-10-12-21(13-11-20)19(23)16-7-4-5-8-16/h2-3,6,9,16H,4-5,7-8,10-14H2,1H3. The summed E-state index contributed by atoms with van der Waals surface area (Å²) in [5.41, 5.74) is 2.26. The van der Waals surface area contributed by atoms with E-state index in [1.165, 1.54) is 12.8 Å². The Labute approximate surface area is 138 Å². The van der Waals surface area contributed by atoms with Crippen molar-refractivity contribution in [1.82, 2.24) is 9.80 Å². The molecule has 0 aromatic heterocycles. The topological polar surface area (TPSA) is 40.6 Å². The van der Waals surface area contributed by atoms with Gasteiger partial charge in [0.25, 0.3) is 0 Å². The molecule has 0 bridgehead atoms. The Balaban J connectivity index is 1.51. The zero-order chi connectivity index (χ0) is 16.2. The molecule has 124 valence electrons. The van der Waals surface area contributed by atoms with Crippen molar-refractivity contribution in [2.24, 2.45) is 5.92 Å². The second kappa shape index (κ2) is 7.16. The van der Waals surface area contributed by atoms with E-state index in [4.69, 9.17) is 0 Å². The van der Waals surface area contributed by atoms with Crippen LogP contribution in [0.3, 0.4) is 0 Å². The van der Waals surface area contributed by atoms with Crippen LogP contribution in [-0.4, -0.2) is 47.8 Å². The molecule has 0 unspecified atom stereocenters. The first-order valence-electron chi connectivity index (χ1n) is 8.76. The minimum atomic E-state index is 0.173. The zero-order valence-corrected chi connectivity index (χ0v) is 14.0. The molecule has 1 saturated carbocycles. The number of rotatable bonds is 3. The Morgan fingerprint density at radius 1 is 1.00 bits per heavy atom. The lowest BCUT2D eigenvalue weighted by Gasteiger charge is -2.36. The van der Waals surface area contributed by atoms with Gasteiger partial charge in [0.1, 0.15) is 0 Å². The maximum absolute atomic E-state index is 12.5. The largest absolute Gasteiger partial charge is 0.339 e. The summed E-state index contributed by atoms with van der Waals surface area (Å²) in [6.45, 7) is 4.76. The lowest BCUT2D eigenvalue weighted by atomic mass is 10.0. The number of amides is 2. The fourth-order valence-electron chi connectivity index (χ4n) is 3.69. The van der Waals surface area contributed by atoms with Crippen LogP contribution in [0.4, 0.5) is 0 Å². The average Bonchev–Trinajstić information content (AvgIpc) is 3.11. The van der Waals surface area contributed by atoms with Crippen molar-refractivity contribution >= 4 is 11.8 Å². The molecule has 0 N–H and O–H groups in total. The molecule has 1 aliphatic heterocycles. The Morgan fingerprint density at radius 2 is 1.61 bits per heavy atom. The number of aryl methyl sites for hydroxylation is 1. The van der Waals surface area contributed by atoms with Crippen molar-refractivity contribution in [2.45, 2.75) is 39.0 Å². The van der Waals surface area contributed by atoms with Gasteiger partial charge in [-0.05, 0) is 30.9 Å². The molecule has 2 fully saturated rings. The number of carbonyl (C=O) groups is 2. The van der Waals surface area contributed by atoms with Crippen molar-refractivity contribution in [3.63, 3.8) is 0 Å². The Kier molecular flexibility index (Phi) is 4.99. The first kappa shape index (κ1) is 16.0. The first-order chi connectivity index (χ1) is 11.1. The quantitative estimate of drug-likeness (QED) is 0.859. The monoisotopic (exact) mass is 314 g/mol. The van der Waals surface area contributed by atoms with Gasteiger partial charge in [-0.3, -0.25) is 9.59 Å². The van der Waals surface area contributed by atoms with E-state index in [0.717, 1.165) is 24.0 Å². The first-order valence-corrected chi connectivity index (χ1v) is 8.76. The van der Waals surface area contributed by atoms with E-state index in [-0.39, 0.29) is 11.8 Å². The maximum atomic E-state index is 12.5. The van der Waals surface area contributed by atoms with Crippen LogP contribution >= 0.6 is 0 Å². The van der Waals surface area contributed by atoms with E-state index in [9.17, 15) is 9.59 Å². The molecule has 23 heavy (non-hydrogen) atoms. The highest BCUT2D eigenvalue weighted by Gasteiger charge is 2.30. The number of hydrogen-bond acceptors (Lipinski definition) is 2. The van der Waals surface area contributed by atoms with Crippen molar-refractivity contribution in [2.75, 3.05) is 26.2 Å². The van der Waals surface area contributed by atoms with E-state index in [1.807, 2.05) is 41.0 Å². The van der Waals surface area contributed by atoms with Crippen LogP contribution in [0, 0.1) is 12.8 Å². The SMILES string of the molecule is Cc1ccccc1CC(=O)N1CCN(C(=O)C2CCCC2)CC1. The van der Waals surface area contributed by atoms with Gasteiger partial charge >= 0.3 is 0 Å². The summed E-state index contributed by atoms with van der Waals surface area (Å²) >= 11 is 0. The van der Waals surface area contributed by atoms with Crippen LogP contribution in [0.15, 0.2) is 24.3 Å². The smallest absolute Gasteiger partial charge is 0.227 e. The molecule has 4 heteroatoms. The lowest BCUT2D eigenvalue weighted by molar-refractivity contribution is -0.141. The molecular weight excluding hydrogens is 288 g/mol. The molecule has 2 amide bonds. The Hall–Kier alpha value is -1.84. The molecule has 1 saturated heterocycles. The molecular formula is C19H26N2O2. The summed E-state index contributed by atoms with van der Waals surface area (Å²) in [4.78, 5) is 28.8. The van der Waals surface area contributed by atoms with Gasteiger partial charge in [0.05, 0.1) is 6.42 Å². The van der Waals surface area contributed by atoms with Crippen LogP contribution in [-0.2, 0) is 16.0 Å². The van der Waals surface area contributed by atoms with Gasteiger partial charge in [-0.15, -0.1) is 0 Å². The molecule has 1 aliphatic carbocycles. The molecule has 0 atom stereocenters. The normalized spacial score (nSPS) is 19.2. The minimum absolute atomic E-state index is 0.173. The van der Waals surface area contributed by atoms with Gasteiger partial charge in [-0.1, -0.05) is 37.1 Å². The molecule has 1 aromatic carbocycles. The predicted octanol–water partition coefficient (Wildman–Crippen LogP) is 2.40. The number of benzene rings is 1. The van der Waals surface area contributed by atoms with Gasteiger partial charge in [0.2, 0.25) is 11.8 Å². The van der Waals surface area contributed by atoms with E-state index in [0.29, 0.717) is 38.5 Å². The van der Waals surface area contributed by atoms with Gasteiger partial charge in [0.15, 0.2) is 0 Å². The van der Waals surface area contributed by atoms with E-state index in [1.54, 1.807) is 0 Å². The van der Waals surface area contributed by atoms with Crippen molar-refractivity contribution in [3.05, 3.63) is 35.4 Å². The van der Waals surface area contributed by atoms with Crippen LogP contribution in [0.1, 0.15) is 36.8 Å². The van der Waals surface area contributed by atoms with Gasteiger partial charge in [-0.2, -0.15) is 0 Å². The highest BCUT2D eigenvalue weighted by Crippen LogP contribution is 2.27. The van der Waals surface area contributed by atoms with Crippen molar-refractivity contribution in [3.8, 4) is 0 Å². The predicted molar refractivity (Wildman–Crippen MR) is 90.0 cm³/mol. The summed E-state index contributed by atoms with van der Waals surface area (Å²) in [5, 5.41) is 0. The number of hydrogen-bond donors (Lipinski definition) is 0. The van der Waals surface area contributed by atoms with Crippen molar-refractivity contribution < 1.29 is 9.59 Å². The summed E-state index contributed by atoms with van der Waals surface area (Å²) in [6.07, 6.45) is 4.93. The van der Waals surface area contributed by atoms with Crippen molar-refractivity contribution in [1.29, 1.82) is 0 Å². The molecule has 1 heterocycles. The van der Waals surface area contributed by atoms with E-state index < -0.39 is 0 Å². The third-order valence-corrected chi connectivity index (χ3v) is 5.25. The minimum Gasteiger partial charge on any atom is -0.339 e. The summed E-state index contributed by atoms with van der Waals surface area (Å²) < 4.78 is 0. The molecule has 4 nitrogen and oxygen atoms in total. The van der Waals surface area contributed by atoms with E-state index >= 15 is 0 Å². The molecule has 2 aliphatic rings. The van der Waals surface area contributed by atoms with E-state index in [2.05, 4.69) is 0 Å². The lowest BCUT2D eigenvalue weighted by Crippen LogP contribution is -2.52. The van der Waals surface area contributed by atoms with Gasteiger partial charge < -0.3 is 9.80 Å². The van der Waals surface area contributed by atoms with Crippen LogP contribution in [0.25, 0.3) is 0 Å². The van der Waals surface area contributed by atoms with Crippen LogP contribution in [0.2, 0.25) is 0 Å². The fourth-order valence-corrected chi connectivity index (χ4v) is 3.69. The van der Waals surface area contributed by atoms with Gasteiger partial charge in [0, 0.05) is 32.1 Å². The highest BCUT2D eigenvalue weighted by molar-refractivity contribution is 5.81. The maximum Gasteiger partial charge on any atom is 0.227 e. The second-order valence-corrected chi connectivity index (χ2v) is 6.79. The van der Waals surface area contributed by atoms with Crippen LogP contribution in [0.5, 0.6) is 0 Å². The number of carbonyl (C=O) groups excluding carboxylic acids is 2. The number of piperazine rings is 1. The highest BCUT2D eigenvalue weighted by atomic mass is 16.2. The van der Waals surface area contributed by atoms with Crippen LogP contribution < -0.4 is 0 Å². The molecule has 0 spiro atoms. The summed E-state index contributed by atoms with van der Waals surface area (Å²) in [5.74, 6) is 0.727. The summed E-state index contributed by atoms with van der Waals surface area (Å²) in [7, 11) is 0. The molecule has 1 aromatic rings. The Bertz CT molecular complexity index is 570. The molecule has 3 rings (SSSR count). The fraction of sp³-hybridized carbons (Fsp3) is 0.579. The second-order valence-electron chi connectivity index (χ2n) is 6.79. The third-order valence-electron chi connectivity index (χ3n) is 5.25.